The highest BCUT2D eigenvalue weighted by Gasteiger charge is 2.09. The van der Waals surface area contributed by atoms with Crippen LogP contribution in [0.5, 0.6) is 0 Å². The fraction of sp³-hybridized carbons (Fsp3) is 0.0909. The maximum Gasteiger partial charge on any atom is 0.181 e. The van der Waals surface area contributed by atoms with Crippen molar-refractivity contribution in [3.8, 4) is 6.07 Å². The average Bonchev–Trinajstić information content (AvgIpc) is 2.60. The number of hydrogen-bond acceptors (Lipinski definition) is 4. The minimum Gasteiger partial charge on any atom is -0.375 e. The van der Waals surface area contributed by atoms with E-state index in [9.17, 15) is 0 Å². The van der Waals surface area contributed by atoms with Gasteiger partial charge in [-0.15, -0.1) is 0 Å². The van der Waals surface area contributed by atoms with Crippen molar-refractivity contribution in [3.63, 3.8) is 0 Å². The molecular weight excluding hydrogens is 206 g/mol. The maximum atomic E-state index is 8.87. The van der Waals surface area contributed by atoms with Crippen molar-refractivity contribution in [3.05, 3.63) is 46.5 Å². The summed E-state index contributed by atoms with van der Waals surface area (Å²) in [5.41, 5.74) is 7.47. The van der Waals surface area contributed by atoms with Gasteiger partial charge >= 0.3 is 0 Å². The van der Waals surface area contributed by atoms with Gasteiger partial charge in [0.2, 0.25) is 0 Å². The van der Waals surface area contributed by atoms with Gasteiger partial charge in [-0.3, -0.25) is 0 Å². The van der Waals surface area contributed by atoms with E-state index in [0.717, 1.165) is 11.3 Å². The number of rotatable bonds is 2. The van der Waals surface area contributed by atoms with Gasteiger partial charge in [-0.25, -0.2) is 4.98 Å². The summed E-state index contributed by atoms with van der Waals surface area (Å²) in [5.74, 6) is 0. The molecule has 74 valence electrons. The summed E-state index contributed by atoms with van der Waals surface area (Å²) < 4.78 is 0. The van der Waals surface area contributed by atoms with Crippen molar-refractivity contribution in [2.75, 3.05) is 5.73 Å². The topological polar surface area (TPSA) is 62.7 Å². The van der Waals surface area contributed by atoms with E-state index in [1.165, 1.54) is 11.3 Å². The largest absolute Gasteiger partial charge is 0.375 e. The van der Waals surface area contributed by atoms with Gasteiger partial charge < -0.3 is 5.73 Å². The minimum absolute atomic E-state index is 0.456. The third-order valence-electron chi connectivity index (χ3n) is 2.03. The summed E-state index contributed by atoms with van der Waals surface area (Å²) in [6, 6.07) is 12.0. The second-order valence-corrected chi connectivity index (χ2v) is 4.13. The first-order chi connectivity index (χ1) is 7.29. The number of nitriles is 1. The SMILES string of the molecule is N#Cc1sc(N)nc1Cc1ccccc1. The number of aromatic nitrogens is 1. The van der Waals surface area contributed by atoms with Crippen molar-refractivity contribution in [2.45, 2.75) is 6.42 Å². The molecule has 0 radical (unpaired) electrons. The lowest BCUT2D eigenvalue weighted by Gasteiger charge is -1.97. The summed E-state index contributed by atoms with van der Waals surface area (Å²) in [5, 5.41) is 9.33. The molecule has 1 aromatic carbocycles. The summed E-state index contributed by atoms with van der Waals surface area (Å²) in [6.07, 6.45) is 0.664. The van der Waals surface area contributed by atoms with E-state index in [-0.39, 0.29) is 0 Å². The van der Waals surface area contributed by atoms with Gasteiger partial charge in [0.05, 0.1) is 5.69 Å². The molecule has 2 rings (SSSR count). The highest BCUT2D eigenvalue weighted by Crippen LogP contribution is 2.21. The second kappa shape index (κ2) is 4.11. The van der Waals surface area contributed by atoms with Gasteiger partial charge in [-0.1, -0.05) is 41.7 Å². The zero-order valence-corrected chi connectivity index (χ0v) is 8.79. The first kappa shape index (κ1) is 9.69. The van der Waals surface area contributed by atoms with Crippen LogP contribution < -0.4 is 5.73 Å². The Bertz CT molecular complexity index is 496. The number of anilines is 1. The first-order valence-corrected chi connectivity index (χ1v) is 5.30. The molecule has 0 spiro atoms. The Labute approximate surface area is 91.8 Å². The molecule has 1 aromatic heterocycles. The monoisotopic (exact) mass is 215 g/mol. The van der Waals surface area contributed by atoms with E-state index in [2.05, 4.69) is 11.1 Å². The Hall–Kier alpha value is -1.86. The number of nitrogens with zero attached hydrogens (tertiary/aromatic N) is 2. The molecule has 0 atom stereocenters. The predicted molar refractivity (Wildman–Crippen MR) is 60.5 cm³/mol. The normalized spacial score (nSPS) is 9.80. The highest BCUT2D eigenvalue weighted by molar-refractivity contribution is 7.16. The van der Waals surface area contributed by atoms with E-state index in [0.29, 0.717) is 16.4 Å². The smallest absolute Gasteiger partial charge is 0.181 e. The summed E-state index contributed by atoms with van der Waals surface area (Å²) in [4.78, 5) is 4.76. The van der Waals surface area contributed by atoms with Gasteiger partial charge in [-0.2, -0.15) is 5.26 Å². The molecule has 0 aliphatic rings. The number of hydrogen-bond donors (Lipinski definition) is 1. The Morgan fingerprint density at radius 1 is 1.33 bits per heavy atom. The molecule has 0 aliphatic carbocycles. The van der Waals surface area contributed by atoms with Gasteiger partial charge in [0.25, 0.3) is 0 Å². The Morgan fingerprint density at radius 2 is 2.07 bits per heavy atom. The standard InChI is InChI=1S/C11H9N3S/c12-7-10-9(14-11(13)15-10)6-8-4-2-1-3-5-8/h1-5H,6H2,(H2,13,14). The predicted octanol–water partition coefficient (Wildman–Crippen LogP) is 2.19. The van der Waals surface area contributed by atoms with Gasteiger partial charge in [0, 0.05) is 6.42 Å². The molecule has 4 heteroatoms. The number of nitrogens with two attached hydrogens (primary N) is 1. The summed E-state index contributed by atoms with van der Waals surface area (Å²) >= 11 is 1.24. The molecule has 2 N–H and O–H groups in total. The van der Waals surface area contributed by atoms with E-state index in [1.54, 1.807) is 0 Å². The van der Waals surface area contributed by atoms with Crippen molar-refractivity contribution in [1.82, 2.24) is 4.98 Å². The van der Waals surface area contributed by atoms with Crippen molar-refractivity contribution < 1.29 is 0 Å². The van der Waals surface area contributed by atoms with Crippen LogP contribution in [0.15, 0.2) is 30.3 Å². The average molecular weight is 215 g/mol. The molecule has 0 bridgehead atoms. The molecule has 0 amide bonds. The first-order valence-electron chi connectivity index (χ1n) is 4.49. The summed E-state index contributed by atoms with van der Waals surface area (Å²) in [7, 11) is 0. The number of thiazole rings is 1. The number of benzene rings is 1. The van der Waals surface area contributed by atoms with E-state index < -0.39 is 0 Å². The second-order valence-electron chi connectivity index (χ2n) is 3.10. The van der Waals surface area contributed by atoms with Crippen LogP contribution in [0.4, 0.5) is 5.13 Å². The van der Waals surface area contributed by atoms with Crippen LogP contribution >= 0.6 is 11.3 Å². The molecule has 15 heavy (non-hydrogen) atoms. The van der Waals surface area contributed by atoms with Crippen LogP contribution in [0.1, 0.15) is 16.1 Å². The molecule has 2 aromatic rings. The van der Waals surface area contributed by atoms with E-state index in [4.69, 9.17) is 11.0 Å². The quantitative estimate of drug-likeness (QED) is 0.835. The molecule has 1 heterocycles. The fourth-order valence-corrected chi connectivity index (χ4v) is 2.01. The zero-order chi connectivity index (χ0) is 10.7. The molecule has 0 fully saturated rings. The molecular formula is C11H9N3S. The van der Waals surface area contributed by atoms with Crippen LogP contribution in [0.25, 0.3) is 0 Å². The van der Waals surface area contributed by atoms with Gasteiger partial charge in [0.15, 0.2) is 5.13 Å². The zero-order valence-electron chi connectivity index (χ0n) is 7.97. The van der Waals surface area contributed by atoms with Crippen LogP contribution in [0, 0.1) is 11.3 Å². The minimum atomic E-state index is 0.456. The highest BCUT2D eigenvalue weighted by atomic mass is 32.1. The van der Waals surface area contributed by atoms with E-state index >= 15 is 0 Å². The van der Waals surface area contributed by atoms with E-state index in [1.807, 2.05) is 30.3 Å². The van der Waals surface area contributed by atoms with Crippen molar-refractivity contribution >= 4 is 16.5 Å². The molecule has 0 aliphatic heterocycles. The van der Waals surface area contributed by atoms with Gasteiger partial charge in [0.1, 0.15) is 10.9 Å². The summed E-state index contributed by atoms with van der Waals surface area (Å²) in [6.45, 7) is 0. The third-order valence-corrected chi connectivity index (χ3v) is 2.86. The lowest BCUT2D eigenvalue weighted by atomic mass is 10.1. The molecule has 0 unspecified atom stereocenters. The molecule has 0 saturated carbocycles. The Balaban J connectivity index is 2.29. The molecule has 0 saturated heterocycles. The third kappa shape index (κ3) is 2.14. The Morgan fingerprint density at radius 3 is 2.73 bits per heavy atom. The van der Waals surface area contributed by atoms with Crippen LogP contribution in [-0.4, -0.2) is 4.98 Å². The Kier molecular flexibility index (Phi) is 2.66. The van der Waals surface area contributed by atoms with Crippen LogP contribution in [0.3, 0.4) is 0 Å². The van der Waals surface area contributed by atoms with Crippen molar-refractivity contribution in [2.24, 2.45) is 0 Å². The van der Waals surface area contributed by atoms with Crippen LogP contribution in [-0.2, 0) is 6.42 Å². The number of nitrogen functional groups attached to an aromatic ring is 1. The fourth-order valence-electron chi connectivity index (χ4n) is 1.37. The van der Waals surface area contributed by atoms with Gasteiger partial charge in [-0.05, 0) is 5.56 Å². The lowest BCUT2D eigenvalue weighted by Crippen LogP contribution is -1.91. The molecule has 3 nitrogen and oxygen atoms in total. The van der Waals surface area contributed by atoms with Crippen molar-refractivity contribution in [1.29, 1.82) is 5.26 Å². The van der Waals surface area contributed by atoms with Crippen LogP contribution in [0.2, 0.25) is 0 Å². The lowest BCUT2D eigenvalue weighted by molar-refractivity contribution is 1.10. The maximum absolute atomic E-state index is 8.87.